The van der Waals surface area contributed by atoms with Gasteiger partial charge in [-0.3, -0.25) is 0 Å². The van der Waals surface area contributed by atoms with Crippen LogP contribution in [0.25, 0.3) is 0 Å². The summed E-state index contributed by atoms with van der Waals surface area (Å²) >= 11 is 3.14. The number of rotatable bonds is 6. The van der Waals surface area contributed by atoms with Gasteiger partial charge in [0.15, 0.2) is 0 Å². The van der Waals surface area contributed by atoms with Crippen LogP contribution in [0.5, 0.6) is 0 Å². The minimum atomic E-state index is -3.72. The zero-order valence-corrected chi connectivity index (χ0v) is 15.4. The van der Waals surface area contributed by atoms with Crippen molar-refractivity contribution in [2.45, 2.75) is 31.2 Å². The van der Waals surface area contributed by atoms with Crippen molar-refractivity contribution in [3.63, 3.8) is 0 Å². The van der Waals surface area contributed by atoms with Gasteiger partial charge < -0.3 is 5.73 Å². The fraction of sp³-hybridized carbons (Fsp3) is 0.538. The lowest BCUT2D eigenvalue weighted by Gasteiger charge is -2.21. The largest absolute Gasteiger partial charge is 0.327 e. The van der Waals surface area contributed by atoms with E-state index >= 15 is 0 Å². The second-order valence-corrected chi connectivity index (χ2v) is 7.97. The smallest absolute Gasteiger partial charge is 0.244 e. The molecule has 2 N–H and O–H groups in total. The van der Waals surface area contributed by atoms with Gasteiger partial charge in [0.2, 0.25) is 10.0 Å². The van der Waals surface area contributed by atoms with Gasteiger partial charge in [0, 0.05) is 24.1 Å². The summed E-state index contributed by atoms with van der Waals surface area (Å²) in [6, 6.07) is 3.54. The van der Waals surface area contributed by atoms with Crippen LogP contribution in [-0.4, -0.2) is 32.4 Å². The molecule has 1 rings (SSSR count). The predicted molar refractivity (Wildman–Crippen MR) is 88.6 cm³/mol. The highest BCUT2D eigenvalue weighted by atomic mass is 79.9. The molecule has 8 heteroatoms. The highest BCUT2D eigenvalue weighted by Gasteiger charge is 2.24. The molecule has 1 aromatic carbocycles. The normalized spacial score (nSPS) is 13.3. The Morgan fingerprint density at radius 1 is 1.38 bits per heavy atom. The molecule has 1 atom stereocenters. The summed E-state index contributed by atoms with van der Waals surface area (Å²) in [5.74, 6) is -0.300. The number of sulfonamides is 1. The molecule has 122 valence electrons. The van der Waals surface area contributed by atoms with E-state index in [0.717, 1.165) is 6.07 Å². The molecule has 0 amide bonds. The van der Waals surface area contributed by atoms with Crippen LogP contribution in [-0.2, 0) is 10.0 Å². The molecule has 0 radical (unpaired) electrons. The van der Waals surface area contributed by atoms with Crippen LogP contribution in [0.15, 0.2) is 27.6 Å². The second kappa shape index (κ2) is 8.43. The lowest BCUT2D eigenvalue weighted by atomic mass is 10.0. The van der Waals surface area contributed by atoms with Crippen molar-refractivity contribution in [3.05, 3.63) is 28.5 Å². The van der Waals surface area contributed by atoms with Crippen molar-refractivity contribution in [3.8, 4) is 0 Å². The molecule has 0 aliphatic rings. The Morgan fingerprint density at radius 2 is 1.95 bits per heavy atom. The van der Waals surface area contributed by atoms with Crippen LogP contribution >= 0.6 is 28.3 Å². The van der Waals surface area contributed by atoms with Crippen LogP contribution in [0.1, 0.15) is 20.3 Å². The van der Waals surface area contributed by atoms with Crippen molar-refractivity contribution >= 4 is 38.4 Å². The van der Waals surface area contributed by atoms with E-state index < -0.39 is 15.8 Å². The van der Waals surface area contributed by atoms with E-state index in [9.17, 15) is 12.8 Å². The standard InChI is InChI=1S/C13H20BrFN2O2S.ClH/c1-9(2)12(16)6-7-17(3)20(18,19)13-8-10(15)4-5-11(13)14;/h4-5,8-9,12H,6-7,16H2,1-3H3;1H. The zero-order chi connectivity index (χ0) is 15.5. The SMILES string of the molecule is CC(C)C(N)CCN(C)S(=O)(=O)c1cc(F)ccc1Br.Cl. The molecular weight excluding hydrogens is 383 g/mol. The third-order valence-electron chi connectivity index (χ3n) is 3.22. The fourth-order valence-corrected chi connectivity index (χ4v) is 3.74. The number of hydrogen-bond donors (Lipinski definition) is 1. The minimum absolute atomic E-state index is 0. The van der Waals surface area contributed by atoms with Crippen molar-refractivity contribution in [1.82, 2.24) is 4.31 Å². The molecule has 0 aliphatic heterocycles. The third-order valence-corrected chi connectivity index (χ3v) is 6.07. The molecule has 0 spiro atoms. The molecule has 0 saturated heterocycles. The van der Waals surface area contributed by atoms with Gasteiger partial charge in [-0.25, -0.2) is 17.1 Å². The Bertz CT molecular complexity index is 569. The number of hydrogen-bond acceptors (Lipinski definition) is 3. The number of nitrogens with zero attached hydrogens (tertiary/aromatic N) is 1. The van der Waals surface area contributed by atoms with Gasteiger partial charge in [0.1, 0.15) is 5.82 Å². The van der Waals surface area contributed by atoms with E-state index in [1.165, 1.54) is 23.5 Å². The van der Waals surface area contributed by atoms with Crippen LogP contribution < -0.4 is 5.73 Å². The van der Waals surface area contributed by atoms with Gasteiger partial charge in [-0.15, -0.1) is 12.4 Å². The van der Waals surface area contributed by atoms with Crippen molar-refractivity contribution in [2.24, 2.45) is 11.7 Å². The highest BCUT2D eigenvalue weighted by molar-refractivity contribution is 9.10. The molecule has 0 saturated carbocycles. The fourth-order valence-electron chi connectivity index (χ4n) is 1.63. The van der Waals surface area contributed by atoms with Crippen LogP contribution in [0.2, 0.25) is 0 Å². The molecule has 4 nitrogen and oxygen atoms in total. The molecule has 0 aromatic heterocycles. The monoisotopic (exact) mass is 402 g/mol. The zero-order valence-electron chi connectivity index (χ0n) is 12.2. The summed E-state index contributed by atoms with van der Waals surface area (Å²) in [7, 11) is -2.25. The van der Waals surface area contributed by atoms with E-state index in [1.807, 2.05) is 13.8 Å². The molecule has 21 heavy (non-hydrogen) atoms. The minimum Gasteiger partial charge on any atom is -0.327 e. The molecule has 0 fully saturated rings. The average molecular weight is 404 g/mol. The summed E-state index contributed by atoms with van der Waals surface area (Å²) in [6.45, 7) is 4.27. The predicted octanol–water partition coefficient (Wildman–Crippen LogP) is 3.00. The lowest BCUT2D eigenvalue weighted by molar-refractivity contribution is 0.397. The van der Waals surface area contributed by atoms with Crippen LogP contribution in [0.3, 0.4) is 0 Å². The lowest BCUT2D eigenvalue weighted by Crippen LogP contribution is -2.34. The molecule has 1 aromatic rings. The van der Waals surface area contributed by atoms with Crippen LogP contribution in [0, 0.1) is 11.7 Å². The molecular formula is C13H21BrClFN2O2S. The van der Waals surface area contributed by atoms with E-state index in [2.05, 4.69) is 15.9 Å². The quantitative estimate of drug-likeness (QED) is 0.794. The Hall–Kier alpha value is -0.210. The highest BCUT2D eigenvalue weighted by Crippen LogP contribution is 2.25. The number of benzene rings is 1. The molecule has 0 aliphatic carbocycles. The van der Waals surface area contributed by atoms with E-state index in [1.54, 1.807) is 0 Å². The first kappa shape index (κ1) is 20.8. The Balaban J connectivity index is 0.00000400. The topological polar surface area (TPSA) is 63.4 Å². The molecule has 0 heterocycles. The average Bonchev–Trinajstić information content (AvgIpc) is 2.37. The maximum atomic E-state index is 13.2. The first-order chi connectivity index (χ1) is 9.16. The summed E-state index contributed by atoms with van der Waals surface area (Å²) < 4.78 is 39.5. The van der Waals surface area contributed by atoms with Crippen molar-refractivity contribution in [1.29, 1.82) is 0 Å². The molecule has 0 bridgehead atoms. The van der Waals surface area contributed by atoms with Crippen molar-refractivity contribution in [2.75, 3.05) is 13.6 Å². The summed E-state index contributed by atoms with van der Waals surface area (Å²) in [5.41, 5.74) is 5.91. The third kappa shape index (κ3) is 5.49. The maximum absolute atomic E-state index is 13.2. The van der Waals surface area contributed by atoms with Gasteiger partial charge in [0.05, 0.1) is 4.90 Å². The summed E-state index contributed by atoms with van der Waals surface area (Å²) in [6.07, 6.45) is 0.556. The van der Waals surface area contributed by atoms with Gasteiger partial charge in [-0.1, -0.05) is 13.8 Å². The van der Waals surface area contributed by atoms with Gasteiger partial charge in [-0.2, -0.15) is 0 Å². The van der Waals surface area contributed by atoms with Crippen molar-refractivity contribution < 1.29 is 12.8 Å². The molecule has 1 unspecified atom stereocenters. The Morgan fingerprint density at radius 3 is 2.48 bits per heavy atom. The number of nitrogens with two attached hydrogens (primary N) is 1. The summed E-state index contributed by atoms with van der Waals surface area (Å²) in [4.78, 5) is -0.0712. The Kier molecular flexibility index (Phi) is 8.35. The maximum Gasteiger partial charge on any atom is 0.244 e. The Labute approximate surface area is 140 Å². The summed E-state index contributed by atoms with van der Waals surface area (Å²) in [5, 5.41) is 0. The van der Waals surface area contributed by atoms with Gasteiger partial charge in [-0.05, 0) is 46.5 Å². The number of halogens is 3. The van der Waals surface area contributed by atoms with Gasteiger partial charge >= 0.3 is 0 Å². The van der Waals surface area contributed by atoms with E-state index in [-0.39, 0.29) is 29.3 Å². The van der Waals surface area contributed by atoms with Gasteiger partial charge in [0.25, 0.3) is 0 Å². The second-order valence-electron chi connectivity index (χ2n) is 5.10. The first-order valence-corrected chi connectivity index (χ1v) is 8.56. The van der Waals surface area contributed by atoms with E-state index in [0.29, 0.717) is 17.4 Å². The first-order valence-electron chi connectivity index (χ1n) is 6.33. The van der Waals surface area contributed by atoms with Crippen LogP contribution in [0.4, 0.5) is 4.39 Å². The van der Waals surface area contributed by atoms with E-state index in [4.69, 9.17) is 5.73 Å².